The van der Waals surface area contributed by atoms with E-state index in [-0.39, 0.29) is 32.8 Å². The first-order valence-electron chi connectivity index (χ1n) is 9.85. The number of methoxy groups -OCH3 is 2. The molecule has 0 aliphatic heterocycles. The number of hydrogen-bond donors (Lipinski definition) is 1. The van der Waals surface area contributed by atoms with Crippen LogP contribution < -0.4 is 10.1 Å². The summed E-state index contributed by atoms with van der Waals surface area (Å²) in [7, 11) is 4.13. The largest absolute Gasteiger partial charge is 0.484 e. The maximum Gasteiger partial charge on any atom is 0.348 e. The summed E-state index contributed by atoms with van der Waals surface area (Å²) in [6.45, 7) is 1.59. The molecule has 14 heteroatoms. The third kappa shape index (κ3) is 6.10. The standard InChI is InChI=1S/C21H20ClFN4O6S2/c1-10-16(19(29)31-3)18(35-17(10)20(30)32-4)24-15(28)9-34-21-26-25-14(27(21)2)8-33-13-6-5-11(23)7-12(13)22/h5-7H,8-9H2,1-4H3,(H,24,28). The van der Waals surface area contributed by atoms with Crippen LogP contribution in [-0.4, -0.2) is 52.6 Å². The molecule has 1 aromatic carbocycles. The summed E-state index contributed by atoms with van der Waals surface area (Å²) < 4.78 is 29.9. The molecule has 0 aliphatic carbocycles. The van der Waals surface area contributed by atoms with E-state index in [4.69, 9.17) is 25.8 Å². The van der Waals surface area contributed by atoms with Gasteiger partial charge in [-0.15, -0.1) is 21.5 Å². The molecule has 0 spiro atoms. The Morgan fingerprint density at radius 1 is 1.20 bits per heavy atom. The lowest BCUT2D eigenvalue weighted by Gasteiger charge is -2.08. The number of rotatable bonds is 9. The second-order valence-electron chi connectivity index (χ2n) is 6.90. The third-order valence-corrected chi connectivity index (χ3v) is 7.17. The van der Waals surface area contributed by atoms with E-state index in [2.05, 4.69) is 15.5 Å². The lowest BCUT2D eigenvalue weighted by molar-refractivity contribution is -0.113. The number of amides is 1. The summed E-state index contributed by atoms with van der Waals surface area (Å²) in [5.74, 6) is -1.52. The molecule has 0 fully saturated rings. The van der Waals surface area contributed by atoms with Gasteiger partial charge in [0.05, 0.1) is 30.6 Å². The second-order valence-corrected chi connectivity index (χ2v) is 9.27. The summed E-state index contributed by atoms with van der Waals surface area (Å²) in [5, 5.41) is 11.5. The molecule has 2 aromatic heterocycles. The van der Waals surface area contributed by atoms with Crippen LogP contribution in [-0.2, 0) is 27.9 Å². The SMILES string of the molecule is COC(=O)c1sc(NC(=O)CSc2nnc(COc3ccc(F)cc3Cl)n2C)c(C(=O)OC)c1C. The summed E-state index contributed by atoms with van der Waals surface area (Å²) in [5.41, 5.74) is 0.449. The van der Waals surface area contributed by atoms with Crippen molar-refractivity contribution < 1.29 is 33.0 Å². The molecule has 10 nitrogen and oxygen atoms in total. The monoisotopic (exact) mass is 542 g/mol. The van der Waals surface area contributed by atoms with Crippen molar-refractivity contribution in [2.75, 3.05) is 25.3 Å². The number of nitrogens with zero attached hydrogens (tertiary/aromatic N) is 3. The van der Waals surface area contributed by atoms with Gasteiger partial charge >= 0.3 is 11.9 Å². The predicted octanol–water partition coefficient (Wildman–Crippen LogP) is 3.86. The molecule has 3 aromatic rings. The fraction of sp³-hybridized carbons (Fsp3) is 0.286. The van der Waals surface area contributed by atoms with Crippen LogP contribution in [0.4, 0.5) is 9.39 Å². The smallest absolute Gasteiger partial charge is 0.348 e. The zero-order valence-corrected chi connectivity index (χ0v) is 21.4. The Morgan fingerprint density at radius 2 is 1.91 bits per heavy atom. The minimum Gasteiger partial charge on any atom is -0.484 e. The van der Waals surface area contributed by atoms with E-state index < -0.39 is 23.7 Å². The molecule has 1 amide bonds. The highest BCUT2D eigenvalue weighted by atomic mass is 35.5. The van der Waals surface area contributed by atoms with Crippen LogP contribution in [0.1, 0.15) is 31.4 Å². The minimum absolute atomic E-state index is 0.0227. The van der Waals surface area contributed by atoms with Crippen LogP contribution in [0.5, 0.6) is 5.75 Å². The number of aromatic nitrogens is 3. The van der Waals surface area contributed by atoms with E-state index in [1.807, 2.05) is 0 Å². The fourth-order valence-corrected chi connectivity index (χ4v) is 4.94. The number of thiophene rings is 1. The Labute approximate surface area is 212 Å². The number of thioether (sulfide) groups is 1. The number of halogens is 2. The number of hydrogen-bond acceptors (Lipinski definition) is 10. The fourth-order valence-electron chi connectivity index (χ4n) is 2.86. The first-order valence-corrected chi connectivity index (χ1v) is 12.0. The van der Waals surface area contributed by atoms with Crippen molar-refractivity contribution in [1.29, 1.82) is 0 Å². The molecule has 0 unspecified atom stereocenters. The van der Waals surface area contributed by atoms with Gasteiger partial charge in [0.1, 0.15) is 28.1 Å². The molecule has 0 saturated heterocycles. The second kappa shape index (κ2) is 11.5. The maximum absolute atomic E-state index is 13.2. The van der Waals surface area contributed by atoms with Crippen LogP contribution in [0.15, 0.2) is 23.4 Å². The Morgan fingerprint density at radius 3 is 2.57 bits per heavy atom. The number of nitrogens with one attached hydrogen (secondary N) is 1. The molecule has 1 N–H and O–H groups in total. The van der Waals surface area contributed by atoms with Gasteiger partial charge in [-0.1, -0.05) is 23.4 Å². The van der Waals surface area contributed by atoms with E-state index >= 15 is 0 Å². The number of ether oxygens (including phenoxy) is 3. The molecular weight excluding hydrogens is 523 g/mol. The van der Waals surface area contributed by atoms with Crippen LogP contribution in [0.25, 0.3) is 0 Å². The van der Waals surface area contributed by atoms with Crippen molar-refractivity contribution in [1.82, 2.24) is 14.8 Å². The molecule has 3 rings (SSSR count). The van der Waals surface area contributed by atoms with Crippen molar-refractivity contribution in [3.8, 4) is 5.75 Å². The van der Waals surface area contributed by atoms with Crippen LogP contribution in [0.3, 0.4) is 0 Å². The average molecular weight is 543 g/mol. The van der Waals surface area contributed by atoms with Crippen LogP contribution >= 0.6 is 34.7 Å². The number of esters is 2. The summed E-state index contributed by atoms with van der Waals surface area (Å²) in [4.78, 5) is 37.0. The molecule has 0 radical (unpaired) electrons. The Balaban J connectivity index is 1.65. The lowest BCUT2D eigenvalue weighted by Crippen LogP contribution is -2.16. The Bertz CT molecular complexity index is 1280. The summed E-state index contributed by atoms with van der Waals surface area (Å²) >= 11 is 7.99. The van der Waals surface area contributed by atoms with Crippen molar-refractivity contribution in [3.63, 3.8) is 0 Å². The van der Waals surface area contributed by atoms with E-state index in [1.54, 1.807) is 18.5 Å². The Hall–Kier alpha value is -3.16. The van der Waals surface area contributed by atoms with Gasteiger partial charge in [0.15, 0.2) is 11.0 Å². The van der Waals surface area contributed by atoms with Crippen molar-refractivity contribution in [2.45, 2.75) is 18.7 Å². The summed E-state index contributed by atoms with van der Waals surface area (Å²) in [6.07, 6.45) is 0. The number of benzene rings is 1. The van der Waals surface area contributed by atoms with Crippen molar-refractivity contribution >= 4 is 57.5 Å². The third-order valence-electron chi connectivity index (χ3n) is 4.67. The van der Waals surface area contributed by atoms with Crippen molar-refractivity contribution in [2.24, 2.45) is 7.05 Å². The molecule has 2 heterocycles. The molecule has 0 saturated carbocycles. The van der Waals surface area contributed by atoms with Gasteiger partial charge in [0.2, 0.25) is 5.91 Å². The molecule has 0 aliphatic rings. The van der Waals surface area contributed by atoms with E-state index in [9.17, 15) is 18.8 Å². The first kappa shape index (κ1) is 26.4. The highest BCUT2D eigenvalue weighted by Gasteiger charge is 2.27. The van der Waals surface area contributed by atoms with Gasteiger partial charge in [0.25, 0.3) is 0 Å². The van der Waals surface area contributed by atoms with E-state index in [1.165, 1.54) is 26.4 Å². The Kier molecular flexibility index (Phi) is 8.70. The molecular formula is C21H20ClFN4O6S2. The molecule has 35 heavy (non-hydrogen) atoms. The van der Waals surface area contributed by atoms with Gasteiger partial charge in [-0.3, -0.25) is 4.79 Å². The first-order chi connectivity index (χ1) is 16.7. The predicted molar refractivity (Wildman–Crippen MR) is 128 cm³/mol. The number of anilines is 1. The van der Waals surface area contributed by atoms with E-state index in [0.717, 1.165) is 29.2 Å². The zero-order chi connectivity index (χ0) is 25.7. The quantitative estimate of drug-likeness (QED) is 0.317. The molecule has 0 atom stereocenters. The minimum atomic E-state index is -0.684. The zero-order valence-electron chi connectivity index (χ0n) is 19.0. The van der Waals surface area contributed by atoms with E-state index in [0.29, 0.717) is 22.3 Å². The van der Waals surface area contributed by atoms with Gasteiger partial charge < -0.3 is 24.1 Å². The van der Waals surface area contributed by atoms with Gasteiger partial charge in [-0.05, 0) is 30.7 Å². The van der Waals surface area contributed by atoms with Gasteiger partial charge in [-0.2, -0.15) is 0 Å². The normalized spacial score (nSPS) is 10.7. The number of carbonyl (C=O) groups is 3. The molecule has 186 valence electrons. The van der Waals surface area contributed by atoms with Gasteiger partial charge in [0, 0.05) is 7.05 Å². The highest BCUT2D eigenvalue weighted by molar-refractivity contribution is 7.99. The number of carbonyl (C=O) groups excluding carboxylic acids is 3. The maximum atomic E-state index is 13.2. The molecule has 0 bridgehead atoms. The highest BCUT2D eigenvalue weighted by Crippen LogP contribution is 2.34. The van der Waals surface area contributed by atoms with Crippen LogP contribution in [0.2, 0.25) is 5.02 Å². The van der Waals surface area contributed by atoms with Crippen molar-refractivity contribution in [3.05, 3.63) is 50.9 Å². The van der Waals surface area contributed by atoms with Gasteiger partial charge in [-0.25, -0.2) is 14.0 Å². The van der Waals surface area contributed by atoms with Crippen LogP contribution in [0, 0.1) is 12.7 Å². The topological polar surface area (TPSA) is 122 Å². The summed E-state index contributed by atoms with van der Waals surface area (Å²) in [6, 6.07) is 3.78. The average Bonchev–Trinajstić information content (AvgIpc) is 3.34. The lowest BCUT2D eigenvalue weighted by atomic mass is 10.1.